The highest BCUT2D eigenvalue weighted by Crippen LogP contribution is 2.36. The second kappa shape index (κ2) is 18.6. The van der Waals surface area contributed by atoms with Gasteiger partial charge in [0.25, 0.3) is 0 Å². The van der Waals surface area contributed by atoms with Crippen molar-refractivity contribution in [3.8, 4) is 17.5 Å². The Bertz CT molecular complexity index is 1430. The molecule has 0 aliphatic carbocycles. The third-order valence-corrected chi connectivity index (χ3v) is 6.50. The first kappa shape index (κ1) is 36.2. The van der Waals surface area contributed by atoms with Gasteiger partial charge >= 0.3 is 0 Å². The third kappa shape index (κ3) is 10.9. The van der Waals surface area contributed by atoms with Gasteiger partial charge in [-0.15, -0.1) is 0 Å². The standard InChI is InChI=1S/C30H38N8O9/c31-15-20-1-3-21(4-2-20)30-36-22-13-23(37(16-26(43)32-5-9-39)17-27(44)33-6-10-40)24(14-25(22)47-30)38(18-28(45)34-7-11-41)19-29(46)35-8-12-42/h1-4,13-14,39-42H,5-12,16-19H2,(H,32,43)(H,33,44)(H,34,45)(H,35,46). The van der Waals surface area contributed by atoms with Crippen molar-refractivity contribution < 1.29 is 44.0 Å². The first-order valence-electron chi connectivity index (χ1n) is 14.7. The van der Waals surface area contributed by atoms with E-state index in [0.29, 0.717) is 16.6 Å². The van der Waals surface area contributed by atoms with Crippen molar-refractivity contribution in [3.05, 3.63) is 42.0 Å². The smallest absolute Gasteiger partial charge is 0.239 e. The van der Waals surface area contributed by atoms with Gasteiger partial charge < -0.3 is 55.9 Å². The number of fused-ring (bicyclic) bond motifs is 1. The summed E-state index contributed by atoms with van der Waals surface area (Å²) in [5.41, 5.74) is 1.92. The highest BCUT2D eigenvalue weighted by atomic mass is 16.3. The zero-order valence-corrected chi connectivity index (χ0v) is 25.6. The number of nitrogens with zero attached hydrogens (tertiary/aromatic N) is 4. The van der Waals surface area contributed by atoms with Crippen LogP contribution >= 0.6 is 0 Å². The summed E-state index contributed by atoms with van der Waals surface area (Å²) in [6.07, 6.45) is 0. The van der Waals surface area contributed by atoms with Crippen molar-refractivity contribution >= 4 is 46.1 Å². The molecular weight excluding hydrogens is 616 g/mol. The van der Waals surface area contributed by atoms with Gasteiger partial charge in [0.15, 0.2) is 5.58 Å². The molecule has 0 aliphatic heterocycles. The summed E-state index contributed by atoms with van der Waals surface area (Å²) in [5, 5.41) is 56.1. The maximum absolute atomic E-state index is 12.9. The van der Waals surface area contributed by atoms with Crippen LogP contribution in [0.3, 0.4) is 0 Å². The number of aromatic nitrogens is 1. The van der Waals surface area contributed by atoms with Crippen LogP contribution in [0.15, 0.2) is 40.8 Å². The monoisotopic (exact) mass is 654 g/mol. The molecule has 0 fully saturated rings. The quantitative estimate of drug-likeness (QED) is 0.0662. The van der Waals surface area contributed by atoms with Crippen LogP contribution in [0.1, 0.15) is 5.56 Å². The normalized spacial score (nSPS) is 10.6. The number of nitrogens with one attached hydrogen (secondary N) is 4. The van der Waals surface area contributed by atoms with Gasteiger partial charge in [-0.05, 0) is 30.3 Å². The van der Waals surface area contributed by atoms with Crippen LogP contribution in [0.5, 0.6) is 0 Å². The highest BCUT2D eigenvalue weighted by molar-refractivity contribution is 5.96. The van der Waals surface area contributed by atoms with E-state index in [0.717, 1.165) is 0 Å². The van der Waals surface area contributed by atoms with Gasteiger partial charge in [-0.25, -0.2) is 4.98 Å². The maximum atomic E-state index is 12.9. The number of rotatable bonds is 19. The van der Waals surface area contributed by atoms with Crippen LogP contribution in [0, 0.1) is 11.3 Å². The molecule has 0 atom stereocenters. The number of hydrogen-bond donors (Lipinski definition) is 8. The summed E-state index contributed by atoms with van der Waals surface area (Å²) < 4.78 is 6.04. The Morgan fingerprint density at radius 2 is 1.09 bits per heavy atom. The Hall–Kier alpha value is -5.28. The number of amides is 4. The van der Waals surface area contributed by atoms with Crippen molar-refractivity contribution in [1.29, 1.82) is 5.26 Å². The van der Waals surface area contributed by atoms with E-state index in [1.54, 1.807) is 24.3 Å². The van der Waals surface area contributed by atoms with E-state index in [-0.39, 0.29) is 75.5 Å². The van der Waals surface area contributed by atoms with E-state index in [1.807, 2.05) is 6.07 Å². The van der Waals surface area contributed by atoms with Crippen molar-refractivity contribution in [2.45, 2.75) is 0 Å². The average molecular weight is 655 g/mol. The molecular formula is C30H38N8O9. The number of carbonyl (C=O) groups is 4. The molecule has 0 unspecified atom stereocenters. The summed E-state index contributed by atoms with van der Waals surface area (Å²) >= 11 is 0. The summed E-state index contributed by atoms with van der Waals surface area (Å²) in [4.78, 5) is 58.8. The van der Waals surface area contributed by atoms with Gasteiger partial charge in [0.2, 0.25) is 29.5 Å². The van der Waals surface area contributed by atoms with Gasteiger partial charge in [0, 0.05) is 37.8 Å². The zero-order valence-electron chi connectivity index (χ0n) is 25.6. The molecule has 17 heteroatoms. The van der Waals surface area contributed by atoms with Crippen molar-refractivity contribution in [2.75, 3.05) is 88.6 Å². The minimum Gasteiger partial charge on any atom is -0.436 e. The minimum absolute atomic E-state index is 0.0469. The zero-order chi connectivity index (χ0) is 34.2. The van der Waals surface area contributed by atoms with Gasteiger partial charge in [-0.2, -0.15) is 5.26 Å². The summed E-state index contributed by atoms with van der Waals surface area (Å²) in [5.74, 6) is -2.01. The molecule has 1 aromatic heterocycles. The van der Waals surface area contributed by atoms with Crippen LogP contribution in [0.2, 0.25) is 0 Å². The molecule has 0 saturated carbocycles. The van der Waals surface area contributed by atoms with Crippen molar-refractivity contribution in [3.63, 3.8) is 0 Å². The highest BCUT2D eigenvalue weighted by Gasteiger charge is 2.26. The number of oxazole rings is 1. The topological polar surface area (TPSA) is 254 Å². The predicted octanol–water partition coefficient (Wildman–Crippen LogP) is -2.59. The molecule has 3 aromatic rings. The number of aliphatic hydroxyl groups excluding tert-OH is 4. The van der Waals surface area contributed by atoms with E-state index >= 15 is 0 Å². The van der Waals surface area contributed by atoms with E-state index in [1.165, 1.54) is 21.9 Å². The molecule has 0 aliphatic rings. The maximum Gasteiger partial charge on any atom is 0.239 e. The Kier molecular flexibility index (Phi) is 14.3. The molecule has 1 heterocycles. The molecule has 252 valence electrons. The minimum atomic E-state index is -0.552. The van der Waals surface area contributed by atoms with Gasteiger partial charge in [0.1, 0.15) is 5.52 Å². The Morgan fingerprint density at radius 3 is 1.47 bits per heavy atom. The number of aliphatic hydroxyl groups is 4. The fourth-order valence-corrected chi connectivity index (χ4v) is 4.42. The lowest BCUT2D eigenvalue weighted by Crippen LogP contribution is -2.46. The third-order valence-electron chi connectivity index (χ3n) is 6.50. The Balaban J connectivity index is 2.21. The lowest BCUT2D eigenvalue weighted by atomic mass is 10.1. The summed E-state index contributed by atoms with van der Waals surface area (Å²) in [6.45, 7) is -3.07. The van der Waals surface area contributed by atoms with Crippen LogP contribution in [0.25, 0.3) is 22.6 Å². The lowest BCUT2D eigenvalue weighted by molar-refractivity contribution is -0.122. The second-order valence-electron chi connectivity index (χ2n) is 10.0. The Labute approximate surface area is 269 Å². The number of anilines is 2. The van der Waals surface area contributed by atoms with Crippen LogP contribution in [0.4, 0.5) is 11.4 Å². The van der Waals surface area contributed by atoms with E-state index in [2.05, 4.69) is 26.3 Å². The largest absolute Gasteiger partial charge is 0.436 e. The fourth-order valence-electron chi connectivity index (χ4n) is 4.42. The van der Waals surface area contributed by atoms with Crippen LogP contribution in [-0.2, 0) is 19.2 Å². The molecule has 0 saturated heterocycles. The van der Waals surface area contributed by atoms with E-state index < -0.39 is 49.8 Å². The molecule has 4 amide bonds. The average Bonchev–Trinajstić information content (AvgIpc) is 3.50. The van der Waals surface area contributed by atoms with Crippen LogP contribution in [-0.4, -0.2) is 128 Å². The molecule has 47 heavy (non-hydrogen) atoms. The molecule has 17 nitrogen and oxygen atoms in total. The summed E-state index contributed by atoms with van der Waals surface area (Å²) in [6, 6.07) is 11.6. The molecule has 8 N–H and O–H groups in total. The molecule has 0 radical (unpaired) electrons. The molecule has 3 rings (SSSR count). The van der Waals surface area contributed by atoms with Gasteiger partial charge in [0.05, 0.1) is 75.6 Å². The number of hydrogen-bond acceptors (Lipinski definition) is 13. The van der Waals surface area contributed by atoms with Crippen molar-refractivity contribution in [2.24, 2.45) is 0 Å². The first-order chi connectivity index (χ1) is 22.7. The van der Waals surface area contributed by atoms with Gasteiger partial charge in [-0.3, -0.25) is 19.2 Å². The van der Waals surface area contributed by atoms with Gasteiger partial charge in [-0.1, -0.05) is 0 Å². The van der Waals surface area contributed by atoms with Crippen LogP contribution < -0.4 is 31.1 Å². The predicted molar refractivity (Wildman–Crippen MR) is 169 cm³/mol. The number of carbonyl (C=O) groups excluding carboxylic acids is 4. The molecule has 0 bridgehead atoms. The number of nitriles is 1. The van der Waals surface area contributed by atoms with E-state index in [4.69, 9.17) is 9.68 Å². The SMILES string of the molecule is N#Cc1ccc(-c2nc3cc(N(CC(=O)NCCO)CC(=O)NCCO)c(N(CC(=O)NCCO)CC(=O)NCCO)cc3o2)cc1. The summed E-state index contributed by atoms with van der Waals surface area (Å²) in [7, 11) is 0. The second-order valence-corrected chi connectivity index (χ2v) is 10.0. The number of benzene rings is 2. The molecule has 2 aromatic carbocycles. The first-order valence-corrected chi connectivity index (χ1v) is 14.7. The molecule has 0 spiro atoms. The van der Waals surface area contributed by atoms with Crippen molar-refractivity contribution in [1.82, 2.24) is 26.3 Å². The Morgan fingerprint density at radius 1 is 0.681 bits per heavy atom. The fraction of sp³-hybridized carbons (Fsp3) is 0.400. The lowest BCUT2D eigenvalue weighted by Gasteiger charge is -2.31. The van der Waals surface area contributed by atoms with E-state index in [9.17, 15) is 39.6 Å².